The third-order valence-corrected chi connectivity index (χ3v) is 2.70. The monoisotopic (exact) mass is 234 g/mol. The quantitative estimate of drug-likeness (QED) is 0.713. The van der Waals surface area contributed by atoms with Gasteiger partial charge in [0, 0.05) is 6.61 Å². The zero-order chi connectivity index (χ0) is 12.7. The van der Waals surface area contributed by atoms with Crippen molar-refractivity contribution in [2.75, 3.05) is 6.61 Å². The average Bonchev–Trinajstić information content (AvgIpc) is 2.34. The molecule has 0 fully saturated rings. The molecule has 0 unspecified atom stereocenters. The summed E-state index contributed by atoms with van der Waals surface area (Å²) in [5.41, 5.74) is 2.14. The molecule has 3 nitrogen and oxygen atoms in total. The molecule has 0 saturated carbocycles. The Bertz CT molecular complexity index is 396. The van der Waals surface area contributed by atoms with Gasteiger partial charge in [0.1, 0.15) is 0 Å². The van der Waals surface area contributed by atoms with Gasteiger partial charge >= 0.3 is 5.97 Å². The van der Waals surface area contributed by atoms with Crippen LogP contribution in [0.5, 0.6) is 0 Å². The number of aliphatic hydroxyl groups is 1. The lowest BCUT2D eigenvalue weighted by atomic mass is 9.98. The predicted octanol–water partition coefficient (Wildman–Crippen LogP) is 2.73. The smallest absolute Gasteiger partial charge is 0.335 e. The normalized spacial score (nSPS) is 10.2. The Morgan fingerprint density at radius 1 is 1.29 bits per heavy atom. The zero-order valence-corrected chi connectivity index (χ0v) is 9.85. The molecule has 1 aromatic carbocycles. The Kier molecular flexibility index (Phi) is 5.43. The number of aromatic carboxylic acids is 1. The first kappa shape index (κ1) is 13.5. The number of carbonyl (C=O) groups is 1. The van der Waals surface area contributed by atoms with E-state index in [9.17, 15) is 4.79 Å². The van der Waals surface area contributed by atoms with Crippen molar-refractivity contribution in [1.82, 2.24) is 0 Å². The molecule has 0 aliphatic rings. The molecule has 0 amide bonds. The van der Waals surface area contributed by atoms with Crippen LogP contribution in [0.1, 0.15) is 40.7 Å². The topological polar surface area (TPSA) is 57.5 Å². The fourth-order valence-electron chi connectivity index (χ4n) is 1.76. The van der Waals surface area contributed by atoms with E-state index in [0.717, 1.165) is 36.8 Å². The van der Waals surface area contributed by atoms with Gasteiger partial charge in [-0.05, 0) is 36.5 Å². The molecule has 17 heavy (non-hydrogen) atoms. The van der Waals surface area contributed by atoms with Crippen molar-refractivity contribution in [1.29, 1.82) is 0 Å². The molecule has 0 aromatic heterocycles. The SMILES string of the molecule is C=Cc1ccc(C(=O)O)c(CCCCCO)c1. The van der Waals surface area contributed by atoms with Crippen LogP contribution in [0.15, 0.2) is 24.8 Å². The van der Waals surface area contributed by atoms with Crippen molar-refractivity contribution >= 4 is 12.0 Å². The number of aliphatic hydroxyl groups excluding tert-OH is 1. The van der Waals surface area contributed by atoms with Crippen molar-refractivity contribution in [2.24, 2.45) is 0 Å². The first-order chi connectivity index (χ1) is 8.19. The first-order valence-electron chi connectivity index (χ1n) is 5.78. The van der Waals surface area contributed by atoms with Gasteiger partial charge in [0.2, 0.25) is 0 Å². The van der Waals surface area contributed by atoms with Gasteiger partial charge in [0.15, 0.2) is 0 Å². The van der Waals surface area contributed by atoms with E-state index >= 15 is 0 Å². The van der Waals surface area contributed by atoms with Gasteiger partial charge in [-0.3, -0.25) is 0 Å². The van der Waals surface area contributed by atoms with E-state index in [0.29, 0.717) is 5.56 Å². The summed E-state index contributed by atoms with van der Waals surface area (Å²) in [7, 11) is 0. The minimum absolute atomic E-state index is 0.193. The van der Waals surface area contributed by atoms with E-state index in [1.165, 1.54) is 0 Å². The largest absolute Gasteiger partial charge is 0.478 e. The predicted molar refractivity (Wildman–Crippen MR) is 68.1 cm³/mol. The van der Waals surface area contributed by atoms with Gasteiger partial charge in [-0.25, -0.2) is 4.79 Å². The number of hydrogen-bond acceptors (Lipinski definition) is 2. The number of unbranched alkanes of at least 4 members (excludes halogenated alkanes) is 2. The summed E-state index contributed by atoms with van der Waals surface area (Å²) >= 11 is 0. The third-order valence-electron chi connectivity index (χ3n) is 2.70. The van der Waals surface area contributed by atoms with E-state index in [1.807, 2.05) is 6.07 Å². The van der Waals surface area contributed by atoms with E-state index in [-0.39, 0.29) is 6.61 Å². The molecule has 0 bridgehead atoms. The van der Waals surface area contributed by atoms with Crippen LogP contribution < -0.4 is 0 Å². The van der Waals surface area contributed by atoms with Crippen molar-refractivity contribution in [3.8, 4) is 0 Å². The number of carboxylic acids is 1. The first-order valence-corrected chi connectivity index (χ1v) is 5.78. The molecular formula is C14H18O3. The van der Waals surface area contributed by atoms with Crippen LogP contribution in [-0.2, 0) is 6.42 Å². The van der Waals surface area contributed by atoms with E-state index < -0.39 is 5.97 Å². The summed E-state index contributed by atoms with van der Waals surface area (Å²) in [6.07, 6.45) is 5.00. The van der Waals surface area contributed by atoms with E-state index in [4.69, 9.17) is 10.2 Å². The molecule has 0 atom stereocenters. The molecule has 92 valence electrons. The maximum atomic E-state index is 11.0. The van der Waals surface area contributed by atoms with Gasteiger partial charge in [0.05, 0.1) is 5.56 Å². The van der Waals surface area contributed by atoms with Gasteiger partial charge in [-0.2, -0.15) is 0 Å². The molecular weight excluding hydrogens is 216 g/mol. The lowest BCUT2D eigenvalue weighted by Crippen LogP contribution is -2.03. The van der Waals surface area contributed by atoms with Gasteiger partial charge < -0.3 is 10.2 Å². The fourth-order valence-corrected chi connectivity index (χ4v) is 1.76. The molecule has 0 spiro atoms. The number of benzene rings is 1. The van der Waals surface area contributed by atoms with E-state index in [2.05, 4.69) is 6.58 Å². The maximum Gasteiger partial charge on any atom is 0.335 e. The lowest BCUT2D eigenvalue weighted by molar-refractivity contribution is 0.0695. The van der Waals surface area contributed by atoms with Gasteiger partial charge in [-0.1, -0.05) is 31.2 Å². The second kappa shape index (κ2) is 6.86. The molecule has 3 heteroatoms. The van der Waals surface area contributed by atoms with Crippen molar-refractivity contribution < 1.29 is 15.0 Å². The Morgan fingerprint density at radius 2 is 2.06 bits per heavy atom. The number of hydrogen-bond donors (Lipinski definition) is 2. The van der Waals surface area contributed by atoms with Crippen LogP contribution in [0, 0.1) is 0 Å². The number of aryl methyl sites for hydroxylation is 1. The minimum Gasteiger partial charge on any atom is -0.478 e. The Hall–Kier alpha value is -1.61. The molecule has 2 N–H and O–H groups in total. The zero-order valence-electron chi connectivity index (χ0n) is 9.85. The van der Waals surface area contributed by atoms with Gasteiger partial charge in [0.25, 0.3) is 0 Å². The van der Waals surface area contributed by atoms with Crippen LogP contribution in [0.3, 0.4) is 0 Å². The summed E-state index contributed by atoms with van der Waals surface area (Å²) in [5.74, 6) is -0.891. The van der Waals surface area contributed by atoms with Crippen LogP contribution in [-0.4, -0.2) is 22.8 Å². The van der Waals surface area contributed by atoms with Crippen LogP contribution in [0.25, 0.3) is 6.08 Å². The van der Waals surface area contributed by atoms with Crippen molar-refractivity contribution in [3.05, 3.63) is 41.5 Å². The molecule has 0 aliphatic heterocycles. The Balaban J connectivity index is 2.78. The number of carboxylic acid groups (broad SMARTS) is 1. The Morgan fingerprint density at radius 3 is 2.65 bits per heavy atom. The standard InChI is InChI=1S/C14H18O3/c1-2-11-7-8-13(14(16)17)12(10-11)6-4-3-5-9-15/h2,7-8,10,15H,1,3-6,9H2,(H,16,17). The average molecular weight is 234 g/mol. The molecule has 1 aromatic rings. The second-order valence-electron chi connectivity index (χ2n) is 3.96. The maximum absolute atomic E-state index is 11.0. The van der Waals surface area contributed by atoms with Crippen molar-refractivity contribution in [2.45, 2.75) is 25.7 Å². The van der Waals surface area contributed by atoms with Crippen LogP contribution in [0.4, 0.5) is 0 Å². The highest BCUT2D eigenvalue weighted by atomic mass is 16.4. The highest BCUT2D eigenvalue weighted by Gasteiger charge is 2.09. The molecule has 0 saturated heterocycles. The lowest BCUT2D eigenvalue weighted by Gasteiger charge is -2.07. The summed E-state index contributed by atoms with van der Waals surface area (Å²) in [5, 5.41) is 17.7. The van der Waals surface area contributed by atoms with Crippen LogP contribution in [0.2, 0.25) is 0 Å². The summed E-state index contributed by atoms with van der Waals surface area (Å²) in [6.45, 7) is 3.87. The fraction of sp³-hybridized carbons (Fsp3) is 0.357. The van der Waals surface area contributed by atoms with Crippen molar-refractivity contribution in [3.63, 3.8) is 0 Å². The molecule has 0 radical (unpaired) electrons. The van der Waals surface area contributed by atoms with Crippen LogP contribution >= 0.6 is 0 Å². The molecule has 0 heterocycles. The summed E-state index contributed by atoms with van der Waals surface area (Å²) in [6, 6.07) is 5.25. The molecule has 0 aliphatic carbocycles. The second-order valence-corrected chi connectivity index (χ2v) is 3.96. The Labute approximate surface area is 101 Å². The summed E-state index contributed by atoms with van der Waals surface area (Å²) < 4.78 is 0. The molecule has 1 rings (SSSR count). The highest BCUT2D eigenvalue weighted by Crippen LogP contribution is 2.16. The van der Waals surface area contributed by atoms with E-state index in [1.54, 1.807) is 18.2 Å². The highest BCUT2D eigenvalue weighted by molar-refractivity contribution is 5.89. The third kappa shape index (κ3) is 4.04. The minimum atomic E-state index is -0.891. The van der Waals surface area contributed by atoms with Gasteiger partial charge in [-0.15, -0.1) is 0 Å². The summed E-state index contributed by atoms with van der Waals surface area (Å²) in [4.78, 5) is 11.0. The number of rotatable bonds is 7.